The van der Waals surface area contributed by atoms with Crippen molar-refractivity contribution in [1.29, 1.82) is 0 Å². The highest BCUT2D eigenvalue weighted by Crippen LogP contribution is 2.47. The number of amidine groups is 1. The van der Waals surface area contributed by atoms with Crippen molar-refractivity contribution in [1.82, 2.24) is 4.90 Å². The molecule has 5 nitrogen and oxygen atoms in total. The number of aliphatic imine (C=N–C) groups is 1. The van der Waals surface area contributed by atoms with Crippen molar-refractivity contribution < 1.29 is 4.92 Å². The van der Waals surface area contributed by atoms with Crippen LogP contribution < -0.4 is 0 Å². The van der Waals surface area contributed by atoms with Crippen LogP contribution in [0, 0.1) is 23.0 Å². The van der Waals surface area contributed by atoms with Crippen LogP contribution in [-0.2, 0) is 0 Å². The van der Waals surface area contributed by atoms with E-state index in [9.17, 15) is 10.1 Å². The topological polar surface area (TPSA) is 58.7 Å². The summed E-state index contributed by atoms with van der Waals surface area (Å²) in [5, 5.41) is 12.0. The predicted molar refractivity (Wildman–Crippen MR) is 98.0 cm³/mol. The van der Waals surface area contributed by atoms with E-state index in [2.05, 4.69) is 4.90 Å². The summed E-state index contributed by atoms with van der Waals surface area (Å²) >= 11 is 1.87. The first kappa shape index (κ1) is 15.9. The maximum atomic E-state index is 10.9. The van der Waals surface area contributed by atoms with Crippen LogP contribution in [0.4, 0.5) is 11.4 Å². The number of benzene rings is 1. The average Bonchev–Trinajstić information content (AvgIpc) is 3.16. The Morgan fingerprint density at radius 3 is 2.75 bits per heavy atom. The van der Waals surface area contributed by atoms with Gasteiger partial charge >= 0.3 is 0 Å². The molecule has 2 saturated carbocycles. The molecule has 1 heterocycles. The van der Waals surface area contributed by atoms with Crippen molar-refractivity contribution >= 4 is 28.3 Å². The van der Waals surface area contributed by atoms with Gasteiger partial charge in [0.1, 0.15) is 0 Å². The third-order valence-electron chi connectivity index (χ3n) is 5.55. The van der Waals surface area contributed by atoms with E-state index in [1.165, 1.54) is 38.5 Å². The Labute approximate surface area is 146 Å². The Hall–Kier alpha value is -1.56. The summed E-state index contributed by atoms with van der Waals surface area (Å²) < 4.78 is 0. The Morgan fingerprint density at radius 2 is 2.12 bits per heavy atom. The number of hydrogen-bond donors (Lipinski definition) is 0. The van der Waals surface area contributed by atoms with Gasteiger partial charge in [0.2, 0.25) is 0 Å². The average molecular weight is 345 g/mol. The lowest BCUT2D eigenvalue weighted by Gasteiger charge is -2.36. The van der Waals surface area contributed by atoms with Crippen LogP contribution >= 0.6 is 11.8 Å². The van der Waals surface area contributed by atoms with E-state index in [0.29, 0.717) is 5.54 Å². The van der Waals surface area contributed by atoms with Gasteiger partial charge in [0.25, 0.3) is 5.69 Å². The summed E-state index contributed by atoms with van der Waals surface area (Å²) in [6.45, 7) is 3.04. The normalized spacial score (nSPS) is 24.2. The fraction of sp³-hybridized carbons (Fsp3) is 0.611. The number of nitrogens with zero attached hydrogens (tertiary/aromatic N) is 3. The quantitative estimate of drug-likeness (QED) is 0.588. The monoisotopic (exact) mass is 345 g/mol. The van der Waals surface area contributed by atoms with Gasteiger partial charge in [-0.05, 0) is 50.2 Å². The Balaban J connectivity index is 1.64. The van der Waals surface area contributed by atoms with Crippen LogP contribution in [0.15, 0.2) is 23.2 Å². The molecule has 128 valence electrons. The first-order valence-corrected chi connectivity index (χ1v) is 9.80. The smallest absolute Gasteiger partial charge is 0.269 e. The summed E-state index contributed by atoms with van der Waals surface area (Å²) in [4.78, 5) is 18.1. The van der Waals surface area contributed by atoms with E-state index in [1.54, 1.807) is 18.2 Å². The lowest BCUT2D eigenvalue weighted by Crippen LogP contribution is -2.46. The van der Waals surface area contributed by atoms with Gasteiger partial charge in [0.05, 0.1) is 16.1 Å². The molecule has 0 unspecified atom stereocenters. The molecule has 0 radical (unpaired) electrons. The lowest BCUT2D eigenvalue weighted by molar-refractivity contribution is -0.384. The molecular weight excluding hydrogens is 322 g/mol. The van der Waals surface area contributed by atoms with Gasteiger partial charge in [-0.3, -0.25) is 10.1 Å². The molecular formula is C18H23N3O2S. The summed E-state index contributed by atoms with van der Waals surface area (Å²) in [6.07, 6.45) is 7.91. The molecule has 0 aromatic heterocycles. The molecule has 2 aliphatic carbocycles. The number of thioether (sulfide) groups is 1. The molecule has 1 saturated heterocycles. The van der Waals surface area contributed by atoms with Crippen LogP contribution in [-0.4, -0.2) is 32.8 Å². The van der Waals surface area contributed by atoms with E-state index < -0.39 is 0 Å². The third-order valence-corrected chi connectivity index (χ3v) is 6.80. The second-order valence-corrected chi connectivity index (χ2v) is 8.34. The van der Waals surface area contributed by atoms with Crippen molar-refractivity contribution in [2.75, 3.05) is 12.3 Å². The second-order valence-electron chi connectivity index (χ2n) is 7.40. The Kier molecular flexibility index (Phi) is 4.03. The number of nitro benzene ring substituents is 1. The van der Waals surface area contributed by atoms with Gasteiger partial charge in [0, 0.05) is 24.4 Å². The molecule has 1 aromatic rings. The predicted octanol–water partition coefficient (Wildman–Crippen LogP) is 4.66. The minimum Gasteiger partial charge on any atom is -0.344 e. The van der Waals surface area contributed by atoms with E-state index >= 15 is 0 Å². The van der Waals surface area contributed by atoms with Crippen molar-refractivity contribution in [2.24, 2.45) is 10.9 Å². The summed E-state index contributed by atoms with van der Waals surface area (Å²) in [6, 6.07) is 4.97. The molecule has 1 spiro atoms. The molecule has 0 N–H and O–H groups in total. The molecule has 1 aromatic carbocycles. The minimum absolute atomic E-state index is 0.137. The lowest BCUT2D eigenvalue weighted by atomic mass is 9.98. The summed E-state index contributed by atoms with van der Waals surface area (Å²) in [5.41, 5.74) is 2.19. The molecule has 6 heteroatoms. The zero-order chi connectivity index (χ0) is 16.7. The van der Waals surface area contributed by atoms with E-state index in [0.717, 1.165) is 34.6 Å². The van der Waals surface area contributed by atoms with Gasteiger partial charge in [0.15, 0.2) is 5.17 Å². The number of rotatable bonds is 4. The number of non-ortho nitro benzene ring substituents is 1. The van der Waals surface area contributed by atoms with Gasteiger partial charge in [-0.1, -0.05) is 24.6 Å². The van der Waals surface area contributed by atoms with Gasteiger partial charge in [-0.15, -0.1) is 0 Å². The van der Waals surface area contributed by atoms with E-state index in [4.69, 9.17) is 4.99 Å². The molecule has 24 heavy (non-hydrogen) atoms. The Morgan fingerprint density at radius 1 is 1.38 bits per heavy atom. The molecule has 1 aliphatic heterocycles. The molecule has 3 aliphatic rings. The van der Waals surface area contributed by atoms with Gasteiger partial charge < -0.3 is 4.90 Å². The van der Waals surface area contributed by atoms with Crippen molar-refractivity contribution in [2.45, 2.75) is 51.0 Å². The molecule has 0 bridgehead atoms. The second kappa shape index (κ2) is 6.06. The standard InChI is InChI=1S/C18H23N3O2S/c1-13-10-15(21(22)23)6-7-16(13)19-17-20(11-14-4-5-14)18(12-24-17)8-2-3-9-18/h6-7,10,14H,2-5,8-9,11-12H2,1H3/b19-17+. The molecule has 4 rings (SSSR count). The molecule has 3 fully saturated rings. The van der Waals surface area contributed by atoms with E-state index in [1.807, 2.05) is 18.7 Å². The zero-order valence-corrected chi connectivity index (χ0v) is 14.8. The molecule has 0 amide bonds. The fourth-order valence-electron chi connectivity index (χ4n) is 3.91. The van der Waals surface area contributed by atoms with Crippen LogP contribution in [0.5, 0.6) is 0 Å². The van der Waals surface area contributed by atoms with E-state index in [-0.39, 0.29) is 10.6 Å². The van der Waals surface area contributed by atoms with Crippen LogP contribution in [0.3, 0.4) is 0 Å². The first-order chi connectivity index (χ1) is 11.6. The highest BCUT2D eigenvalue weighted by atomic mass is 32.2. The minimum atomic E-state index is -0.346. The highest BCUT2D eigenvalue weighted by molar-refractivity contribution is 8.14. The Bertz CT molecular complexity index is 694. The number of aryl methyl sites for hydroxylation is 1. The van der Waals surface area contributed by atoms with Crippen LogP contribution in [0.1, 0.15) is 44.1 Å². The fourth-order valence-corrected chi connectivity index (χ4v) is 5.34. The summed E-state index contributed by atoms with van der Waals surface area (Å²) in [5.74, 6) is 1.98. The largest absolute Gasteiger partial charge is 0.344 e. The maximum Gasteiger partial charge on any atom is 0.269 e. The van der Waals surface area contributed by atoms with Crippen molar-refractivity contribution in [3.05, 3.63) is 33.9 Å². The highest BCUT2D eigenvalue weighted by Gasteiger charge is 2.47. The van der Waals surface area contributed by atoms with Crippen LogP contribution in [0.2, 0.25) is 0 Å². The SMILES string of the molecule is Cc1cc([N+](=O)[O-])ccc1/N=C1/SCC2(CCCC2)N1CC1CC1. The first-order valence-electron chi connectivity index (χ1n) is 8.82. The van der Waals surface area contributed by atoms with Crippen molar-refractivity contribution in [3.8, 4) is 0 Å². The molecule has 0 atom stereocenters. The summed E-state index contributed by atoms with van der Waals surface area (Å²) in [7, 11) is 0. The number of hydrogen-bond acceptors (Lipinski definition) is 4. The van der Waals surface area contributed by atoms with Gasteiger partial charge in [-0.25, -0.2) is 4.99 Å². The van der Waals surface area contributed by atoms with Gasteiger partial charge in [-0.2, -0.15) is 0 Å². The van der Waals surface area contributed by atoms with Crippen molar-refractivity contribution in [3.63, 3.8) is 0 Å². The number of nitro groups is 1. The van der Waals surface area contributed by atoms with Crippen LogP contribution in [0.25, 0.3) is 0 Å². The zero-order valence-electron chi connectivity index (χ0n) is 14.0. The maximum absolute atomic E-state index is 10.9. The third kappa shape index (κ3) is 2.92.